The predicted octanol–water partition coefficient (Wildman–Crippen LogP) is 1.38. The fourth-order valence-electron chi connectivity index (χ4n) is 1.54. The maximum absolute atomic E-state index is 11.2. The minimum absolute atomic E-state index is 0.0835. The molecule has 0 aliphatic carbocycles. The summed E-state index contributed by atoms with van der Waals surface area (Å²) in [4.78, 5) is 13.5. The Morgan fingerprint density at radius 1 is 1.57 bits per heavy atom. The number of hydrogen-bond acceptors (Lipinski definition) is 4. The number of Topliss-reactive ketones (excluding diaryl/α,β-unsaturated/α-hetero) is 1. The summed E-state index contributed by atoms with van der Waals surface area (Å²) in [6.07, 6.45) is 1.06. The molecule has 1 heterocycles. The first-order valence-corrected chi connectivity index (χ1v) is 6.24. The maximum atomic E-state index is 11.2. The molecular weight excluding hydrogens is 198 g/mol. The topological polar surface area (TPSA) is 29.5 Å². The number of ketones is 1. The van der Waals surface area contributed by atoms with Crippen LogP contribution in [0.25, 0.3) is 0 Å². The van der Waals surface area contributed by atoms with Gasteiger partial charge in [0.1, 0.15) is 5.37 Å². The van der Waals surface area contributed by atoms with Crippen LogP contribution in [0.4, 0.5) is 0 Å². The minimum atomic E-state index is 0.0835. The second kappa shape index (κ2) is 6.43. The van der Waals surface area contributed by atoms with Crippen molar-refractivity contribution in [2.75, 3.05) is 32.1 Å². The highest BCUT2D eigenvalue weighted by Gasteiger charge is 2.27. The zero-order chi connectivity index (χ0) is 10.4. The van der Waals surface area contributed by atoms with Crippen molar-refractivity contribution in [1.29, 1.82) is 0 Å². The maximum Gasteiger partial charge on any atom is 0.157 e. The van der Waals surface area contributed by atoms with Crippen LogP contribution < -0.4 is 0 Å². The molecule has 0 N–H and O–H groups in total. The van der Waals surface area contributed by atoms with Crippen LogP contribution in [-0.4, -0.2) is 48.1 Å². The van der Waals surface area contributed by atoms with Crippen LogP contribution in [0.1, 0.15) is 20.3 Å². The third kappa shape index (κ3) is 3.59. The molecule has 1 saturated heterocycles. The fraction of sp³-hybridized carbons (Fsp3) is 0.900. The molecule has 4 heteroatoms. The van der Waals surface area contributed by atoms with Crippen molar-refractivity contribution in [3.63, 3.8) is 0 Å². The molecule has 0 aromatic heterocycles. The van der Waals surface area contributed by atoms with Crippen LogP contribution in [0.5, 0.6) is 0 Å². The van der Waals surface area contributed by atoms with Gasteiger partial charge in [-0.1, -0.05) is 6.92 Å². The summed E-state index contributed by atoms with van der Waals surface area (Å²) in [6, 6.07) is 0. The molecule has 1 atom stereocenters. The molecule has 82 valence electrons. The number of nitrogens with zero attached hydrogens (tertiary/aromatic N) is 1. The Bertz CT molecular complexity index is 187. The van der Waals surface area contributed by atoms with Gasteiger partial charge in [0.2, 0.25) is 0 Å². The summed E-state index contributed by atoms with van der Waals surface area (Å²) in [5.74, 6) is 1.33. The van der Waals surface area contributed by atoms with Crippen LogP contribution in [-0.2, 0) is 9.53 Å². The second-order valence-electron chi connectivity index (χ2n) is 3.48. The van der Waals surface area contributed by atoms with E-state index >= 15 is 0 Å². The summed E-state index contributed by atoms with van der Waals surface area (Å²) in [5, 5.41) is 0.0835. The highest BCUT2D eigenvalue weighted by molar-refractivity contribution is 8.00. The standard InChI is InChI=1S/C10H19NO2S/c1-3-6-13-7-4-11-5-8-14-10(11)9(2)12/h10H,3-8H2,1-2H3. The van der Waals surface area contributed by atoms with Crippen LogP contribution in [0.3, 0.4) is 0 Å². The number of carbonyl (C=O) groups excluding carboxylic acids is 1. The monoisotopic (exact) mass is 217 g/mol. The molecule has 1 rings (SSSR count). The van der Waals surface area contributed by atoms with Crippen LogP contribution in [0.15, 0.2) is 0 Å². The molecule has 3 nitrogen and oxygen atoms in total. The smallest absolute Gasteiger partial charge is 0.157 e. The SMILES string of the molecule is CCCOCCN1CCSC1C(C)=O. The van der Waals surface area contributed by atoms with Crippen LogP contribution in [0.2, 0.25) is 0 Å². The van der Waals surface area contributed by atoms with Gasteiger partial charge in [0.05, 0.1) is 6.61 Å². The van der Waals surface area contributed by atoms with Gasteiger partial charge in [-0.05, 0) is 13.3 Å². The van der Waals surface area contributed by atoms with E-state index in [0.29, 0.717) is 0 Å². The van der Waals surface area contributed by atoms with Gasteiger partial charge in [0, 0.05) is 25.4 Å². The molecule has 0 bridgehead atoms. The van der Waals surface area contributed by atoms with Crippen molar-refractivity contribution in [3.05, 3.63) is 0 Å². The Hall–Kier alpha value is -0.0600. The highest BCUT2D eigenvalue weighted by Crippen LogP contribution is 2.23. The van der Waals surface area contributed by atoms with Crippen molar-refractivity contribution < 1.29 is 9.53 Å². The zero-order valence-electron chi connectivity index (χ0n) is 8.99. The molecule has 1 aliphatic heterocycles. The van der Waals surface area contributed by atoms with Crippen molar-refractivity contribution in [2.24, 2.45) is 0 Å². The van der Waals surface area contributed by atoms with E-state index in [1.54, 1.807) is 18.7 Å². The van der Waals surface area contributed by atoms with Gasteiger partial charge in [0.15, 0.2) is 5.78 Å². The lowest BCUT2D eigenvalue weighted by atomic mass is 10.4. The molecule has 0 spiro atoms. The van der Waals surface area contributed by atoms with E-state index in [0.717, 1.165) is 38.5 Å². The van der Waals surface area contributed by atoms with Crippen molar-refractivity contribution in [1.82, 2.24) is 4.90 Å². The molecule has 0 aromatic rings. The number of ether oxygens (including phenoxy) is 1. The third-order valence-corrected chi connectivity index (χ3v) is 3.57. The first kappa shape index (κ1) is 12.0. The molecule has 1 fully saturated rings. The lowest BCUT2D eigenvalue weighted by molar-refractivity contribution is -0.119. The van der Waals surface area contributed by atoms with E-state index < -0.39 is 0 Å². The quantitative estimate of drug-likeness (QED) is 0.629. The Morgan fingerprint density at radius 3 is 3.00 bits per heavy atom. The normalized spacial score (nSPS) is 22.9. The molecule has 1 aliphatic rings. The molecule has 1 unspecified atom stereocenters. The number of carbonyl (C=O) groups is 1. The van der Waals surface area contributed by atoms with Gasteiger partial charge in [0.25, 0.3) is 0 Å². The summed E-state index contributed by atoms with van der Waals surface area (Å²) < 4.78 is 5.41. The van der Waals surface area contributed by atoms with Gasteiger partial charge in [-0.15, -0.1) is 11.8 Å². The minimum Gasteiger partial charge on any atom is -0.380 e. The average molecular weight is 217 g/mol. The lowest BCUT2D eigenvalue weighted by Crippen LogP contribution is -2.35. The summed E-state index contributed by atoms with van der Waals surface area (Å²) in [5.41, 5.74) is 0. The van der Waals surface area contributed by atoms with Crippen LogP contribution >= 0.6 is 11.8 Å². The van der Waals surface area contributed by atoms with Crippen molar-refractivity contribution in [2.45, 2.75) is 25.6 Å². The number of rotatable bonds is 6. The molecule has 0 amide bonds. The number of thioether (sulfide) groups is 1. The van der Waals surface area contributed by atoms with E-state index in [1.807, 2.05) is 0 Å². The van der Waals surface area contributed by atoms with E-state index in [9.17, 15) is 4.79 Å². The molecule has 0 aromatic carbocycles. The summed E-state index contributed by atoms with van der Waals surface area (Å²) >= 11 is 1.74. The summed E-state index contributed by atoms with van der Waals surface area (Å²) in [7, 11) is 0. The zero-order valence-corrected chi connectivity index (χ0v) is 9.81. The Balaban J connectivity index is 2.19. The summed E-state index contributed by atoms with van der Waals surface area (Å²) in [6.45, 7) is 7.25. The molecular formula is C10H19NO2S. The average Bonchev–Trinajstić information content (AvgIpc) is 2.60. The van der Waals surface area contributed by atoms with E-state index in [-0.39, 0.29) is 11.2 Å². The molecule has 14 heavy (non-hydrogen) atoms. The largest absolute Gasteiger partial charge is 0.380 e. The van der Waals surface area contributed by atoms with Crippen molar-refractivity contribution in [3.8, 4) is 0 Å². The van der Waals surface area contributed by atoms with E-state index in [1.165, 1.54) is 0 Å². The lowest BCUT2D eigenvalue weighted by Gasteiger charge is -2.20. The predicted molar refractivity (Wildman–Crippen MR) is 59.6 cm³/mol. The van der Waals surface area contributed by atoms with Crippen LogP contribution in [0, 0.1) is 0 Å². The Morgan fingerprint density at radius 2 is 2.36 bits per heavy atom. The van der Waals surface area contributed by atoms with Gasteiger partial charge >= 0.3 is 0 Å². The first-order chi connectivity index (χ1) is 6.75. The van der Waals surface area contributed by atoms with Crippen molar-refractivity contribution >= 4 is 17.5 Å². The fourth-order valence-corrected chi connectivity index (χ4v) is 2.76. The number of hydrogen-bond donors (Lipinski definition) is 0. The van der Waals surface area contributed by atoms with Gasteiger partial charge < -0.3 is 4.74 Å². The van der Waals surface area contributed by atoms with E-state index in [4.69, 9.17) is 4.74 Å². The first-order valence-electron chi connectivity index (χ1n) is 5.19. The Labute approximate surface area is 90.2 Å². The molecule has 0 saturated carbocycles. The third-order valence-electron chi connectivity index (χ3n) is 2.20. The highest BCUT2D eigenvalue weighted by atomic mass is 32.2. The Kier molecular flexibility index (Phi) is 5.52. The van der Waals surface area contributed by atoms with Gasteiger partial charge in [-0.3, -0.25) is 9.69 Å². The van der Waals surface area contributed by atoms with E-state index in [2.05, 4.69) is 11.8 Å². The van der Waals surface area contributed by atoms with Gasteiger partial charge in [-0.2, -0.15) is 0 Å². The van der Waals surface area contributed by atoms with Gasteiger partial charge in [-0.25, -0.2) is 0 Å². The molecule has 0 radical (unpaired) electrons. The second-order valence-corrected chi connectivity index (χ2v) is 4.67.